The van der Waals surface area contributed by atoms with Gasteiger partial charge in [0.05, 0.1) is 16.0 Å². The lowest BCUT2D eigenvalue weighted by atomic mass is 10.2. The number of aryl methyl sites for hydroxylation is 1. The van der Waals surface area contributed by atoms with Crippen LogP contribution in [-0.4, -0.2) is 30.4 Å². The van der Waals surface area contributed by atoms with E-state index in [9.17, 15) is 4.79 Å². The molecule has 0 aliphatic heterocycles. The molecule has 7 N–H and O–H groups in total. The van der Waals surface area contributed by atoms with Crippen LogP contribution in [0.5, 0.6) is 0 Å². The van der Waals surface area contributed by atoms with Crippen LogP contribution in [0.25, 0.3) is 22.5 Å². The Bertz CT molecular complexity index is 1140. The van der Waals surface area contributed by atoms with E-state index in [1.54, 1.807) is 18.2 Å². The number of hydrogen-bond donors (Lipinski definition) is 5. The van der Waals surface area contributed by atoms with Gasteiger partial charge in [0.1, 0.15) is 16.2 Å². The van der Waals surface area contributed by atoms with E-state index in [4.69, 9.17) is 11.5 Å². The zero-order valence-corrected chi connectivity index (χ0v) is 17.8. The molecule has 4 aromatic heterocycles. The van der Waals surface area contributed by atoms with E-state index in [-0.39, 0.29) is 5.56 Å². The number of nitrogens with one attached hydrogen (secondary N) is 3. The fourth-order valence-electron chi connectivity index (χ4n) is 2.42. The molecule has 0 bridgehead atoms. The number of pyridine rings is 2. The number of rotatable bonds is 2. The Morgan fingerprint density at radius 3 is 1.89 bits per heavy atom. The monoisotopic (exact) mass is 506 g/mol. The molecule has 144 valence electrons. The third-order valence-corrected chi connectivity index (χ3v) is 4.38. The minimum Gasteiger partial charge on any atom is -0.382 e. The van der Waals surface area contributed by atoms with Gasteiger partial charge in [0.15, 0.2) is 0 Å². The molecule has 0 unspecified atom stereocenters. The van der Waals surface area contributed by atoms with E-state index in [1.807, 2.05) is 19.1 Å². The second-order valence-corrected chi connectivity index (χ2v) is 7.48. The van der Waals surface area contributed by atoms with Crippen molar-refractivity contribution in [2.75, 3.05) is 11.5 Å². The second kappa shape index (κ2) is 8.40. The number of nitrogens with two attached hydrogens (primary N) is 2. The molecule has 0 spiro atoms. The lowest BCUT2D eigenvalue weighted by Crippen LogP contribution is -2.03. The fourth-order valence-corrected chi connectivity index (χ4v) is 3.39. The van der Waals surface area contributed by atoms with Crippen molar-refractivity contribution in [3.63, 3.8) is 0 Å². The van der Waals surface area contributed by atoms with E-state index in [1.165, 1.54) is 6.07 Å². The molecule has 4 aromatic rings. The molecule has 0 atom stereocenters. The molecule has 4 heterocycles. The van der Waals surface area contributed by atoms with Crippen LogP contribution in [0, 0.1) is 6.92 Å². The van der Waals surface area contributed by atoms with Crippen LogP contribution >= 0.6 is 31.9 Å². The summed E-state index contributed by atoms with van der Waals surface area (Å²) in [6.45, 7) is 1.94. The second-order valence-electron chi connectivity index (χ2n) is 5.81. The highest BCUT2D eigenvalue weighted by atomic mass is 79.9. The average molecular weight is 508 g/mol. The Morgan fingerprint density at radius 1 is 0.857 bits per heavy atom. The summed E-state index contributed by atoms with van der Waals surface area (Å²) in [5.74, 6) is 0.891. The number of nitrogen functional groups attached to an aromatic ring is 2. The quantitative estimate of drug-likeness (QED) is 0.262. The Hall–Kier alpha value is -2.92. The highest BCUT2D eigenvalue weighted by Gasteiger charge is 2.04. The Kier molecular flexibility index (Phi) is 5.95. The molecule has 0 saturated carbocycles. The number of aromatic amines is 3. The minimum absolute atomic E-state index is 0.178. The van der Waals surface area contributed by atoms with Crippen LogP contribution in [-0.2, 0) is 0 Å². The SMILES string of the molecule is Cc1cc(-c2cc(N)n[nH]2)cc(Br)n1.Nc1cc(-c2cc(Br)[nH]c(=O)c2)[nH]n1. The molecule has 28 heavy (non-hydrogen) atoms. The lowest BCUT2D eigenvalue weighted by Gasteiger charge is -1.99. The zero-order chi connectivity index (χ0) is 20.3. The van der Waals surface area contributed by atoms with Gasteiger partial charge >= 0.3 is 0 Å². The Morgan fingerprint density at radius 2 is 1.43 bits per heavy atom. The largest absolute Gasteiger partial charge is 0.382 e. The summed E-state index contributed by atoms with van der Waals surface area (Å²) in [5.41, 5.74) is 15.1. The van der Waals surface area contributed by atoms with Gasteiger partial charge in [-0.3, -0.25) is 15.0 Å². The molecule has 0 radical (unpaired) electrons. The van der Waals surface area contributed by atoms with Gasteiger partial charge in [0.25, 0.3) is 0 Å². The molecular formula is C17H16Br2N8O. The molecule has 0 fully saturated rings. The molecule has 0 aliphatic rings. The minimum atomic E-state index is -0.178. The maximum absolute atomic E-state index is 11.1. The number of hydrogen-bond acceptors (Lipinski definition) is 6. The van der Waals surface area contributed by atoms with Crippen molar-refractivity contribution in [3.8, 4) is 22.5 Å². The van der Waals surface area contributed by atoms with Gasteiger partial charge in [-0.15, -0.1) is 0 Å². The third kappa shape index (κ3) is 5.08. The summed E-state index contributed by atoms with van der Waals surface area (Å²) in [5, 5.41) is 13.2. The van der Waals surface area contributed by atoms with Crippen LogP contribution in [0.4, 0.5) is 11.6 Å². The van der Waals surface area contributed by atoms with Crippen LogP contribution < -0.4 is 17.0 Å². The van der Waals surface area contributed by atoms with Gasteiger partial charge < -0.3 is 16.5 Å². The predicted octanol–water partition coefficient (Wildman–Crippen LogP) is 3.23. The van der Waals surface area contributed by atoms with E-state index < -0.39 is 0 Å². The molecule has 9 nitrogen and oxygen atoms in total. The molecule has 0 saturated heterocycles. The number of halogens is 2. The maximum atomic E-state index is 11.1. The van der Waals surface area contributed by atoms with Gasteiger partial charge in [-0.25, -0.2) is 4.98 Å². The first-order valence-electron chi connectivity index (χ1n) is 7.97. The number of nitrogens with zero attached hydrogens (tertiary/aromatic N) is 3. The summed E-state index contributed by atoms with van der Waals surface area (Å²) >= 11 is 6.54. The molecule has 0 amide bonds. The topological polar surface area (TPSA) is 155 Å². The summed E-state index contributed by atoms with van der Waals surface area (Å²) in [6.07, 6.45) is 0. The number of anilines is 2. The predicted molar refractivity (Wildman–Crippen MR) is 115 cm³/mol. The van der Waals surface area contributed by atoms with E-state index in [2.05, 4.69) is 62.2 Å². The average Bonchev–Trinajstić information content (AvgIpc) is 3.22. The van der Waals surface area contributed by atoms with Crippen molar-refractivity contribution >= 4 is 43.5 Å². The van der Waals surface area contributed by atoms with Gasteiger partial charge in [0, 0.05) is 35.0 Å². The van der Waals surface area contributed by atoms with E-state index in [0.717, 1.165) is 27.1 Å². The molecular weight excluding hydrogens is 492 g/mol. The molecule has 11 heteroatoms. The highest BCUT2D eigenvalue weighted by molar-refractivity contribution is 9.10. The fraction of sp³-hybridized carbons (Fsp3) is 0.0588. The van der Waals surface area contributed by atoms with Gasteiger partial charge in [-0.05, 0) is 57.0 Å². The summed E-state index contributed by atoms with van der Waals surface area (Å²) < 4.78 is 1.42. The normalized spacial score (nSPS) is 10.4. The maximum Gasteiger partial charge on any atom is 0.249 e. The van der Waals surface area contributed by atoms with E-state index in [0.29, 0.717) is 21.9 Å². The van der Waals surface area contributed by atoms with Crippen molar-refractivity contribution in [1.82, 2.24) is 30.4 Å². The zero-order valence-electron chi connectivity index (χ0n) is 14.6. The number of H-pyrrole nitrogens is 3. The van der Waals surface area contributed by atoms with Crippen LogP contribution in [0.1, 0.15) is 5.69 Å². The van der Waals surface area contributed by atoms with Crippen molar-refractivity contribution < 1.29 is 0 Å². The standard InChI is InChI=1S/C9H9BrN4.C8H7BrN4O/c1-5-2-6(3-8(10)12-5)7-4-9(11)14-13-7;9-6-1-4(2-8(14)11-6)5-3-7(10)13-12-5/h2-4H,1H3,(H3,11,13,14);1-3H,(H,11,14)(H3,10,12,13). The first kappa shape index (κ1) is 19.8. The van der Waals surface area contributed by atoms with Crippen LogP contribution in [0.2, 0.25) is 0 Å². The number of aromatic nitrogens is 6. The van der Waals surface area contributed by atoms with Gasteiger partial charge in [0.2, 0.25) is 5.56 Å². The molecule has 4 rings (SSSR count). The summed E-state index contributed by atoms with van der Waals surface area (Å²) in [4.78, 5) is 17.9. The van der Waals surface area contributed by atoms with Crippen molar-refractivity contribution in [2.24, 2.45) is 0 Å². The lowest BCUT2D eigenvalue weighted by molar-refractivity contribution is 1.10. The van der Waals surface area contributed by atoms with Gasteiger partial charge in [-0.2, -0.15) is 10.2 Å². The van der Waals surface area contributed by atoms with E-state index >= 15 is 0 Å². The summed E-state index contributed by atoms with van der Waals surface area (Å²) in [7, 11) is 0. The first-order chi connectivity index (χ1) is 13.3. The van der Waals surface area contributed by atoms with Crippen LogP contribution in [0.3, 0.4) is 0 Å². The Labute approximate surface area is 176 Å². The van der Waals surface area contributed by atoms with Crippen molar-refractivity contribution in [3.05, 3.63) is 61.7 Å². The summed E-state index contributed by atoms with van der Waals surface area (Å²) in [6, 6.07) is 10.6. The van der Waals surface area contributed by atoms with Crippen molar-refractivity contribution in [2.45, 2.75) is 6.92 Å². The highest BCUT2D eigenvalue weighted by Crippen LogP contribution is 2.22. The molecule has 0 aromatic carbocycles. The van der Waals surface area contributed by atoms with Crippen molar-refractivity contribution in [1.29, 1.82) is 0 Å². The van der Waals surface area contributed by atoms with Crippen LogP contribution in [0.15, 0.2) is 50.4 Å². The Balaban J connectivity index is 0.000000161. The molecule has 0 aliphatic carbocycles. The first-order valence-corrected chi connectivity index (χ1v) is 9.55. The third-order valence-electron chi connectivity index (χ3n) is 3.55. The van der Waals surface area contributed by atoms with Gasteiger partial charge in [-0.1, -0.05) is 0 Å². The smallest absolute Gasteiger partial charge is 0.249 e.